The number of ether oxygens (including phenoxy) is 1. The highest BCUT2D eigenvalue weighted by atomic mass is 16.5. The van der Waals surface area contributed by atoms with Gasteiger partial charge in [0.1, 0.15) is 6.04 Å². The monoisotopic (exact) mass is 274 g/mol. The van der Waals surface area contributed by atoms with Crippen molar-refractivity contribution >= 4 is 18.0 Å². The number of carbonyl (C=O) groups is 3. The SMILES string of the molecule is COC(=O)CC[C@@H](NC(=O)NC(C)C(C)C)C(=O)O. The lowest BCUT2D eigenvalue weighted by molar-refractivity contribution is -0.142. The standard InChI is InChI=1S/C12H22N2O5/c1-7(2)8(3)13-12(18)14-9(11(16)17)5-6-10(15)19-4/h7-9H,5-6H2,1-4H3,(H,16,17)(H2,13,14,18)/t8?,9-/m1/s1. The number of urea groups is 1. The Morgan fingerprint density at radius 1 is 1.16 bits per heavy atom. The molecule has 0 aliphatic rings. The molecule has 110 valence electrons. The highest BCUT2D eigenvalue weighted by Gasteiger charge is 2.22. The molecule has 7 nitrogen and oxygen atoms in total. The zero-order valence-corrected chi connectivity index (χ0v) is 11.7. The lowest BCUT2D eigenvalue weighted by Gasteiger charge is -2.20. The quantitative estimate of drug-likeness (QED) is 0.594. The summed E-state index contributed by atoms with van der Waals surface area (Å²) in [4.78, 5) is 33.5. The Morgan fingerprint density at radius 3 is 2.16 bits per heavy atom. The van der Waals surface area contributed by atoms with Crippen molar-refractivity contribution < 1.29 is 24.2 Å². The Labute approximate surface area is 112 Å². The zero-order chi connectivity index (χ0) is 15.0. The summed E-state index contributed by atoms with van der Waals surface area (Å²) in [5.74, 6) is -1.45. The Kier molecular flexibility index (Phi) is 7.55. The van der Waals surface area contributed by atoms with E-state index in [0.29, 0.717) is 0 Å². The number of carboxylic acid groups (broad SMARTS) is 1. The third kappa shape index (κ3) is 7.28. The molecule has 2 atom stereocenters. The van der Waals surface area contributed by atoms with Crippen LogP contribution in [0.15, 0.2) is 0 Å². The maximum absolute atomic E-state index is 11.6. The van der Waals surface area contributed by atoms with Crippen molar-refractivity contribution in [3.05, 3.63) is 0 Å². The summed E-state index contributed by atoms with van der Waals surface area (Å²) in [5, 5.41) is 13.9. The van der Waals surface area contributed by atoms with Crippen LogP contribution in [0.3, 0.4) is 0 Å². The maximum Gasteiger partial charge on any atom is 0.326 e. The van der Waals surface area contributed by atoms with Gasteiger partial charge < -0.3 is 20.5 Å². The molecule has 0 rings (SSSR count). The number of methoxy groups -OCH3 is 1. The Morgan fingerprint density at radius 2 is 1.74 bits per heavy atom. The van der Waals surface area contributed by atoms with Crippen LogP contribution in [-0.2, 0) is 14.3 Å². The van der Waals surface area contributed by atoms with E-state index < -0.39 is 24.0 Å². The number of carbonyl (C=O) groups excluding carboxylic acids is 2. The minimum atomic E-state index is -1.18. The number of hydrogen-bond acceptors (Lipinski definition) is 4. The fraction of sp³-hybridized carbons (Fsp3) is 0.750. The largest absolute Gasteiger partial charge is 0.480 e. The molecule has 0 radical (unpaired) electrons. The first-order valence-electron chi connectivity index (χ1n) is 6.14. The molecule has 3 N–H and O–H groups in total. The van der Waals surface area contributed by atoms with Gasteiger partial charge >= 0.3 is 18.0 Å². The van der Waals surface area contributed by atoms with Crippen LogP contribution in [0.2, 0.25) is 0 Å². The summed E-state index contributed by atoms with van der Waals surface area (Å²) in [6.45, 7) is 5.71. The lowest BCUT2D eigenvalue weighted by atomic mass is 10.1. The number of esters is 1. The third-order valence-electron chi connectivity index (χ3n) is 2.83. The maximum atomic E-state index is 11.6. The number of hydrogen-bond donors (Lipinski definition) is 3. The summed E-state index contributed by atoms with van der Waals surface area (Å²) >= 11 is 0. The molecule has 0 saturated heterocycles. The van der Waals surface area contributed by atoms with Gasteiger partial charge in [-0.2, -0.15) is 0 Å². The lowest BCUT2D eigenvalue weighted by Crippen LogP contribution is -2.49. The highest BCUT2D eigenvalue weighted by Crippen LogP contribution is 2.02. The van der Waals surface area contributed by atoms with Crippen LogP contribution in [0.25, 0.3) is 0 Å². The van der Waals surface area contributed by atoms with Gasteiger partial charge in [0.05, 0.1) is 7.11 Å². The van der Waals surface area contributed by atoms with Gasteiger partial charge in [-0.1, -0.05) is 13.8 Å². The van der Waals surface area contributed by atoms with Crippen molar-refractivity contribution in [3.8, 4) is 0 Å². The Balaban J connectivity index is 4.30. The molecule has 0 saturated carbocycles. The minimum Gasteiger partial charge on any atom is -0.480 e. The molecule has 0 aromatic carbocycles. The average Bonchev–Trinajstić information content (AvgIpc) is 2.33. The van der Waals surface area contributed by atoms with E-state index in [-0.39, 0.29) is 24.8 Å². The number of carboxylic acids is 1. The van der Waals surface area contributed by atoms with Crippen molar-refractivity contribution in [1.82, 2.24) is 10.6 Å². The van der Waals surface area contributed by atoms with E-state index in [4.69, 9.17) is 5.11 Å². The van der Waals surface area contributed by atoms with Crippen molar-refractivity contribution in [1.29, 1.82) is 0 Å². The van der Waals surface area contributed by atoms with Gasteiger partial charge in [-0.3, -0.25) is 4.79 Å². The van der Waals surface area contributed by atoms with Crippen LogP contribution < -0.4 is 10.6 Å². The van der Waals surface area contributed by atoms with Crippen molar-refractivity contribution in [2.24, 2.45) is 5.92 Å². The first kappa shape index (κ1) is 17.2. The summed E-state index contributed by atoms with van der Waals surface area (Å²) in [5.41, 5.74) is 0. The molecule has 0 fully saturated rings. The second-order valence-electron chi connectivity index (χ2n) is 4.66. The first-order chi connectivity index (χ1) is 8.77. The molecular formula is C12H22N2O5. The van der Waals surface area contributed by atoms with Crippen LogP contribution in [-0.4, -0.2) is 42.3 Å². The predicted octanol–water partition coefficient (Wildman–Crippen LogP) is 0.737. The van der Waals surface area contributed by atoms with Crippen LogP contribution in [0.5, 0.6) is 0 Å². The van der Waals surface area contributed by atoms with E-state index in [0.717, 1.165) is 0 Å². The molecular weight excluding hydrogens is 252 g/mol. The number of rotatable bonds is 7. The van der Waals surface area contributed by atoms with Gasteiger partial charge in [0.2, 0.25) is 0 Å². The van der Waals surface area contributed by atoms with E-state index >= 15 is 0 Å². The van der Waals surface area contributed by atoms with Gasteiger partial charge in [-0.15, -0.1) is 0 Å². The number of aliphatic carboxylic acids is 1. The van der Waals surface area contributed by atoms with E-state index in [2.05, 4.69) is 15.4 Å². The summed E-state index contributed by atoms with van der Waals surface area (Å²) in [6, 6.07) is -1.74. The van der Waals surface area contributed by atoms with Crippen LogP contribution in [0, 0.1) is 5.92 Å². The normalized spacial score (nSPS) is 13.5. The smallest absolute Gasteiger partial charge is 0.326 e. The molecule has 0 bridgehead atoms. The van der Waals surface area contributed by atoms with Gasteiger partial charge in [0.15, 0.2) is 0 Å². The summed E-state index contributed by atoms with van der Waals surface area (Å²) < 4.78 is 4.42. The fourth-order valence-corrected chi connectivity index (χ4v) is 1.19. The summed E-state index contributed by atoms with van der Waals surface area (Å²) in [6.07, 6.45) is -0.0705. The molecule has 0 aromatic heterocycles. The molecule has 2 amide bonds. The first-order valence-corrected chi connectivity index (χ1v) is 6.14. The van der Waals surface area contributed by atoms with E-state index in [1.165, 1.54) is 7.11 Å². The molecule has 0 aliphatic heterocycles. The molecule has 0 spiro atoms. The van der Waals surface area contributed by atoms with E-state index in [9.17, 15) is 14.4 Å². The summed E-state index contributed by atoms with van der Waals surface area (Å²) in [7, 11) is 1.22. The predicted molar refractivity (Wildman–Crippen MR) is 68.6 cm³/mol. The highest BCUT2D eigenvalue weighted by molar-refractivity contribution is 5.83. The van der Waals surface area contributed by atoms with E-state index in [1.54, 1.807) is 0 Å². The Hall–Kier alpha value is -1.79. The molecule has 0 aromatic rings. The van der Waals surface area contributed by atoms with Gasteiger partial charge in [-0.05, 0) is 19.3 Å². The molecule has 1 unspecified atom stereocenters. The molecule has 19 heavy (non-hydrogen) atoms. The van der Waals surface area contributed by atoms with Gasteiger partial charge in [0, 0.05) is 12.5 Å². The number of amides is 2. The van der Waals surface area contributed by atoms with Crippen LogP contribution in [0.1, 0.15) is 33.6 Å². The molecule has 7 heteroatoms. The van der Waals surface area contributed by atoms with Gasteiger partial charge in [-0.25, -0.2) is 9.59 Å². The minimum absolute atomic E-state index is 0.00845. The van der Waals surface area contributed by atoms with Crippen molar-refractivity contribution in [2.75, 3.05) is 7.11 Å². The van der Waals surface area contributed by atoms with Crippen LogP contribution in [0.4, 0.5) is 4.79 Å². The topological polar surface area (TPSA) is 105 Å². The second-order valence-corrected chi connectivity index (χ2v) is 4.66. The fourth-order valence-electron chi connectivity index (χ4n) is 1.19. The zero-order valence-electron chi connectivity index (χ0n) is 11.7. The van der Waals surface area contributed by atoms with Crippen molar-refractivity contribution in [2.45, 2.75) is 45.7 Å². The average molecular weight is 274 g/mol. The molecule has 0 heterocycles. The Bertz CT molecular complexity index is 330. The second kappa shape index (κ2) is 8.34. The van der Waals surface area contributed by atoms with Crippen LogP contribution >= 0.6 is 0 Å². The van der Waals surface area contributed by atoms with E-state index in [1.807, 2.05) is 20.8 Å². The molecule has 0 aliphatic carbocycles. The third-order valence-corrected chi connectivity index (χ3v) is 2.83. The van der Waals surface area contributed by atoms with Crippen molar-refractivity contribution in [3.63, 3.8) is 0 Å². The van der Waals surface area contributed by atoms with Gasteiger partial charge in [0.25, 0.3) is 0 Å². The number of nitrogens with one attached hydrogen (secondary N) is 2.